The number of amides is 2. The molecule has 1 atom stereocenters. The lowest BCUT2D eigenvalue weighted by molar-refractivity contribution is -0.126. The number of nitrogens with one attached hydrogen (secondary N) is 1. The number of nitrogens with zero attached hydrogens (tertiary/aromatic N) is 3. The van der Waals surface area contributed by atoms with Gasteiger partial charge < -0.3 is 14.8 Å². The number of aromatic nitrogens is 2. The van der Waals surface area contributed by atoms with Crippen LogP contribution in [0.5, 0.6) is 0 Å². The van der Waals surface area contributed by atoms with Crippen molar-refractivity contribution >= 4 is 33.4 Å². The standard InChI is InChI=1S/C19H21BrN4O2/c20-15-2-1-3-16(11-15)24-12-14(10-17(24)25)19(26)22-7-9-23-8-6-21-18(23)13-4-5-13/h1-3,6,8,11,13-14H,4-5,7,9-10,12H2,(H,22,26). The van der Waals surface area contributed by atoms with E-state index < -0.39 is 0 Å². The largest absolute Gasteiger partial charge is 0.354 e. The molecule has 2 aromatic rings. The number of carbonyl (C=O) groups is 2. The van der Waals surface area contributed by atoms with Crippen LogP contribution in [0.2, 0.25) is 0 Å². The molecule has 136 valence electrons. The molecule has 6 nitrogen and oxygen atoms in total. The first-order chi connectivity index (χ1) is 12.6. The van der Waals surface area contributed by atoms with Crippen LogP contribution in [-0.2, 0) is 16.1 Å². The molecular formula is C19H21BrN4O2. The van der Waals surface area contributed by atoms with Gasteiger partial charge >= 0.3 is 0 Å². The van der Waals surface area contributed by atoms with Crippen molar-refractivity contribution in [1.82, 2.24) is 14.9 Å². The summed E-state index contributed by atoms with van der Waals surface area (Å²) in [5, 5.41) is 2.98. The molecule has 2 heterocycles. The summed E-state index contributed by atoms with van der Waals surface area (Å²) in [4.78, 5) is 30.9. The summed E-state index contributed by atoms with van der Waals surface area (Å²) in [6.07, 6.45) is 6.46. The molecule has 2 aliphatic rings. The zero-order valence-corrected chi connectivity index (χ0v) is 16.0. The third-order valence-electron chi connectivity index (χ3n) is 4.96. The summed E-state index contributed by atoms with van der Waals surface area (Å²) in [6, 6.07) is 7.60. The van der Waals surface area contributed by atoms with Gasteiger partial charge in [0.2, 0.25) is 11.8 Å². The van der Waals surface area contributed by atoms with Gasteiger partial charge in [-0.3, -0.25) is 9.59 Å². The zero-order valence-electron chi connectivity index (χ0n) is 14.4. The van der Waals surface area contributed by atoms with Crippen molar-refractivity contribution in [1.29, 1.82) is 0 Å². The molecule has 1 aromatic heterocycles. The van der Waals surface area contributed by atoms with Crippen molar-refractivity contribution in [2.24, 2.45) is 5.92 Å². The number of hydrogen-bond donors (Lipinski definition) is 1. The summed E-state index contributed by atoms with van der Waals surface area (Å²) in [5.74, 6) is 1.35. The second-order valence-electron chi connectivity index (χ2n) is 6.93. The quantitative estimate of drug-likeness (QED) is 0.786. The van der Waals surface area contributed by atoms with Crippen molar-refractivity contribution < 1.29 is 9.59 Å². The van der Waals surface area contributed by atoms with E-state index in [0.29, 0.717) is 25.6 Å². The Kier molecular flexibility index (Phi) is 4.80. The predicted molar refractivity (Wildman–Crippen MR) is 102 cm³/mol. The molecule has 1 N–H and O–H groups in total. The van der Waals surface area contributed by atoms with Gasteiger partial charge in [-0.15, -0.1) is 0 Å². The Bertz CT molecular complexity index is 830. The van der Waals surface area contributed by atoms with Gasteiger partial charge in [0.05, 0.1) is 5.92 Å². The van der Waals surface area contributed by atoms with Crippen LogP contribution in [0.25, 0.3) is 0 Å². The third kappa shape index (κ3) is 3.67. The maximum atomic E-state index is 12.5. The predicted octanol–water partition coefficient (Wildman–Crippen LogP) is 2.69. The SMILES string of the molecule is O=C(NCCn1ccnc1C1CC1)C1CC(=O)N(c2cccc(Br)c2)C1. The minimum atomic E-state index is -0.299. The molecule has 1 saturated heterocycles. The minimum Gasteiger partial charge on any atom is -0.354 e. The van der Waals surface area contributed by atoms with Crippen LogP contribution in [-0.4, -0.2) is 34.5 Å². The Hall–Kier alpha value is -2.15. The average molecular weight is 417 g/mol. The van der Waals surface area contributed by atoms with Crippen LogP contribution in [0.15, 0.2) is 41.1 Å². The Morgan fingerprint density at radius 1 is 1.35 bits per heavy atom. The summed E-state index contributed by atoms with van der Waals surface area (Å²) < 4.78 is 3.04. The maximum Gasteiger partial charge on any atom is 0.227 e. The van der Waals surface area contributed by atoms with E-state index in [1.165, 1.54) is 12.8 Å². The highest BCUT2D eigenvalue weighted by Crippen LogP contribution is 2.38. The average Bonchev–Trinajstić information content (AvgIpc) is 3.23. The molecule has 7 heteroatoms. The van der Waals surface area contributed by atoms with Gasteiger partial charge in [0, 0.05) is 54.5 Å². The van der Waals surface area contributed by atoms with Crippen LogP contribution in [0, 0.1) is 5.92 Å². The molecular weight excluding hydrogens is 396 g/mol. The summed E-state index contributed by atoms with van der Waals surface area (Å²) in [6.45, 7) is 1.70. The number of carbonyl (C=O) groups excluding carboxylic acids is 2. The Labute approximate surface area is 160 Å². The Morgan fingerprint density at radius 2 is 2.19 bits per heavy atom. The molecule has 1 aliphatic heterocycles. The van der Waals surface area contributed by atoms with Crippen molar-refractivity contribution in [3.8, 4) is 0 Å². The number of anilines is 1. The number of hydrogen-bond acceptors (Lipinski definition) is 3. The topological polar surface area (TPSA) is 67.2 Å². The van der Waals surface area contributed by atoms with Crippen LogP contribution >= 0.6 is 15.9 Å². The second-order valence-corrected chi connectivity index (χ2v) is 7.85. The van der Waals surface area contributed by atoms with Crippen LogP contribution in [0.4, 0.5) is 5.69 Å². The lowest BCUT2D eigenvalue weighted by Gasteiger charge is -2.17. The molecule has 1 aliphatic carbocycles. The molecule has 0 bridgehead atoms. The Morgan fingerprint density at radius 3 is 2.96 bits per heavy atom. The first kappa shape index (κ1) is 17.3. The molecule has 1 unspecified atom stereocenters. The molecule has 26 heavy (non-hydrogen) atoms. The number of benzene rings is 1. The normalized spacial score (nSPS) is 19.8. The highest BCUT2D eigenvalue weighted by atomic mass is 79.9. The fourth-order valence-corrected chi connectivity index (χ4v) is 3.82. The van der Waals surface area contributed by atoms with Gasteiger partial charge in [-0.05, 0) is 31.0 Å². The van der Waals surface area contributed by atoms with E-state index in [9.17, 15) is 9.59 Å². The third-order valence-corrected chi connectivity index (χ3v) is 5.45. The number of rotatable bonds is 6. The van der Waals surface area contributed by atoms with Crippen molar-refractivity contribution in [3.63, 3.8) is 0 Å². The van der Waals surface area contributed by atoms with Gasteiger partial charge in [0.1, 0.15) is 5.82 Å². The number of halogens is 1. The van der Waals surface area contributed by atoms with Gasteiger partial charge in [-0.25, -0.2) is 4.98 Å². The second kappa shape index (κ2) is 7.23. The van der Waals surface area contributed by atoms with E-state index in [1.54, 1.807) is 4.90 Å². The van der Waals surface area contributed by atoms with E-state index in [0.717, 1.165) is 16.0 Å². The van der Waals surface area contributed by atoms with E-state index in [2.05, 4.69) is 30.8 Å². The minimum absolute atomic E-state index is 0.00567. The van der Waals surface area contributed by atoms with Crippen LogP contribution in [0.1, 0.15) is 31.0 Å². The first-order valence-corrected chi connectivity index (χ1v) is 9.76. The van der Waals surface area contributed by atoms with Crippen LogP contribution in [0.3, 0.4) is 0 Å². The lowest BCUT2D eigenvalue weighted by atomic mass is 10.1. The van der Waals surface area contributed by atoms with Crippen molar-refractivity contribution in [2.45, 2.75) is 31.7 Å². The summed E-state index contributed by atoms with van der Waals surface area (Å²) >= 11 is 3.42. The molecule has 2 fully saturated rings. The van der Waals surface area contributed by atoms with E-state index >= 15 is 0 Å². The van der Waals surface area contributed by atoms with Gasteiger partial charge in [-0.1, -0.05) is 22.0 Å². The smallest absolute Gasteiger partial charge is 0.227 e. The monoisotopic (exact) mass is 416 g/mol. The summed E-state index contributed by atoms with van der Waals surface area (Å²) in [5.41, 5.74) is 0.826. The molecule has 0 radical (unpaired) electrons. The molecule has 1 saturated carbocycles. The first-order valence-electron chi connectivity index (χ1n) is 8.96. The number of imidazole rings is 1. The molecule has 2 amide bonds. The van der Waals surface area contributed by atoms with Crippen LogP contribution < -0.4 is 10.2 Å². The van der Waals surface area contributed by atoms with Crippen molar-refractivity contribution in [3.05, 3.63) is 47.0 Å². The Balaban J connectivity index is 1.31. The van der Waals surface area contributed by atoms with E-state index in [4.69, 9.17) is 0 Å². The molecule has 1 aromatic carbocycles. The molecule has 4 rings (SSSR count). The zero-order chi connectivity index (χ0) is 18.1. The van der Waals surface area contributed by atoms with Gasteiger partial charge in [-0.2, -0.15) is 0 Å². The lowest BCUT2D eigenvalue weighted by Crippen LogP contribution is -2.34. The highest BCUT2D eigenvalue weighted by Gasteiger charge is 2.35. The fourth-order valence-electron chi connectivity index (χ4n) is 3.43. The van der Waals surface area contributed by atoms with Gasteiger partial charge in [0.25, 0.3) is 0 Å². The van der Waals surface area contributed by atoms with E-state index in [1.807, 2.05) is 36.7 Å². The molecule has 0 spiro atoms. The fraction of sp³-hybridized carbons (Fsp3) is 0.421. The van der Waals surface area contributed by atoms with Crippen molar-refractivity contribution in [2.75, 3.05) is 18.0 Å². The summed E-state index contributed by atoms with van der Waals surface area (Å²) in [7, 11) is 0. The van der Waals surface area contributed by atoms with E-state index in [-0.39, 0.29) is 24.2 Å². The van der Waals surface area contributed by atoms with Gasteiger partial charge in [0.15, 0.2) is 0 Å². The maximum absolute atomic E-state index is 12.5. The highest BCUT2D eigenvalue weighted by molar-refractivity contribution is 9.10.